The van der Waals surface area contributed by atoms with Crippen LogP contribution < -0.4 is 0 Å². The van der Waals surface area contributed by atoms with Crippen LogP contribution in [-0.2, 0) is 11.2 Å². The van der Waals surface area contributed by atoms with Crippen molar-refractivity contribution < 1.29 is 9.53 Å². The highest BCUT2D eigenvalue weighted by Gasteiger charge is 2.17. The molecule has 86 valence electrons. The van der Waals surface area contributed by atoms with Gasteiger partial charge in [-0.15, -0.1) is 0 Å². The van der Waals surface area contributed by atoms with Crippen LogP contribution in [0, 0.1) is 0 Å². The zero-order valence-corrected chi connectivity index (χ0v) is 9.95. The molecular formula is C14H18O2. The highest BCUT2D eigenvalue weighted by molar-refractivity contribution is 5.89. The number of methoxy groups -OCH3 is 1. The van der Waals surface area contributed by atoms with Gasteiger partial charge in [0.2, 0.25) is 0 Å². The number of carbonyl (C=O) groups is 1. The minimum absolute atomic E-state index is 0.237. The van der Waals surface area contributed by atoms with Gasteiger partial charge in [0.1, 0.15) is 0 Å². The first-order valence-electron chi connectivity index (χ1n) is 5.93. The minimum atomic E-state index is -0.237. The second kappa shape index (κ2) is 4.69. The van der Waals surface area contributed by atoms with Crippen molar-refractivity contribution in [1.82, 2.24) is 0 Å². The Labute approximate surface area is 96.6 Å². The van der Waals surface area contributed by atoms with Crippen molar-refractivity contribution >= 4 is 5.97 Å². The van der Waals surface area contributed by atoms with E-state index in [1.807, 2.05) is 12.1 Å². The van der Waals surface area contributed by atoms with Gasteiger partial charge in [-0.05, 0) is 48.4 Å². The minimum Gasteiger partial charge on any atom is -0.465 e. The van der Waals surface area contributed by atoms with Crippen molar-refractivity contribution in [2.75, 3.05) is 7.11 Å². The predicted molar refractivity (Wildman–Crippen MR) is 63.8 cm³/mol. The van der Waals surface area contributed by atoms with Crippen molar-refractivity contribution in [3.63, 3.8) is 0 Å². The van der Waals surface area contributed by atoms with E-state index in [1.165, 1.54) is 37.5 Å². The molecule has 0 aromatic heterocycles. The average molecular weight is 218 g/mol. The quantitative estimate of drug-likeness (QED) is 0.534. The highest BCUT2D eigenvalue weighted by atomic mass is 16.5. The summed E-state index contributed by atoms with van der Waals surface area (Å²) in [6.07, 6.45) is 4.90. The van der Waals surface area contributed by atoms with E-state index in [9.17, 15) is 4.79 Å². The smallest absolute Gasteiger partial charge is 0.337 e. The second-order valence-electron chi connectivity index (χ2n) is 4.55. The Kier molecular flexibility index (Phi) is 3.28. The molecule has 2 heteroatoms. The van der Waals surface area contributed by atoms with Gasteiger partial charge in [0.05, 0.1) is 12.7 Å². The lowest BCUT2D eigenvalue weighted by Gasteiger charge is -2.13. The summed E-state index contributed by atoms with van der Waals surface area (Å²) in [5.41, 5.74) is 3.41. The molecule has 0 aliphatic heterocycles. The van der Waals surface area contributed by atoms with Crippen LogP contribution >= 0.6 is 0 Å². The normalized spacial score (nSPS) is 19.8. The van der Waals surface area contributed by atoms with Gasteiger partial charge < -0.3 is 4.74 Å². The van der Waals surface area contributed by atoms with Gasteiger partial charge in [-0.25, -0.2) is 4.79 Å². The maximum Gasteiger partial charge on any atom is 0.337 e. The molecule has 0 bridgehead atoms. The Morgan fingerprint density at radius 3 is 2.94 bits per heavy atom. The molecule has 1 aliphatic carbocycles. The summed E-state index contributed by atoms with van der Waals surface area (Å²) < 4.78 is 4.75. The maximum atomic E-state index is 11.5. The number of fused-ring (bicyclic) bond motifs is 1. The summed E-state index contributed by atoms with van der Waals surface area (Å²) in [5.74, 6) is 0.321. The maximum absolute atomic E-state index is 11.5. The fourth-order valence-electron chi connectivity index (χ4n) is 2.45. The SMILES string of the molecule is COC(=O)c1ccc2c(c1)C(C)CCCC2. The van der Waals surface area contributed by atoms with E-state index in [0.717, 1.165) is 6.42 Å². The summed E-state index contributed by atoms with van der Waals surface area (Å²) in [7, 11) is 1.43. The van der Waals surface area contributed by atoms with Gasteiger partial charge in [-0.3, -0.25) is 0 Å². The number of rotatable bonds is 1. The number of ether oxygens (including phenoxy) is 1. The topological polar surface area (TPSA) is 26.3 Å². The third kappa shape index (κ3) is 2.11. The van der Waals surface area contributed by atoms with Gasteiger partial charge in [-0.1, -0.05) is 19.4 Å². The third-order valence-electron chi connectivity index (χ3n) is 3.43. The van der Waals surface area contributed by atoms with Crippen molar-refractivity contribution in [3.05, 3.63) is 34.9 Å². The molecule has 0 heterocycles. The Balaban J connectivity index is 2.39. The molecule has 1 aromatic carbocycles. The molecule has 0 saturated carbocycles. The predicted octanol–water partition coefficient (Wildman–Crippen LogP) is 3.30. The first-order chi connectivity index (χ1) is 7.72. The highest BCUT2D eigenvalue weighted by Crippen LogP contribution is 2.30. The van der Waals surface area contributed by atoms with E-state index in [1.54, 1.807) is 0 Å². The van der Waals surface area contributed by atoms with E-state index in [-0.39, 0.29) is 5.97 Å². The van der Waals surface area contributed by atoms with Crippen LogP contribution in [-0.4, -0.2) is 13.1 Å². The monoisotopic (exact) mass is 218 g/mol. The molecule has 0 saturated heterocycles. The molecule has 0 fully saturated rings. The van der Waals surface area contributed by atoms with E-state index in [0.29, 0.717) is 11.5 Å². The van der Waals surface area contributed by atoms with Crippen molar-refractivity contribution in [3.8, 4) is 0 Å². The number of carbonyl (C=O) groups excluding carboxylic acids is 1. The van der Waals surface area contributed by atoms with Crippen molar-refractivity contribution in [1.29, 1.82) is 0 Å². The Hall–Kier alpha value is -1.31. The van der Waals surface area contributed by atoms with Crippen LogP contribution in [0.5, 0.6) is 0 Å². The average Bonchev–Trinajstić information content (AvgIpc) is 2.50. The fraction of sp³-hybridized carbons (Fsp3) is 0.500. The van der Waals surface area contributed by atoms with Crippen LogP contribution in [0.1, 0.15) is 53.6 Å². The third-order valence-corrected chi connectivity index (χ3v) is 3.43. The largest absolute Gasteiger partial charge is 0.465 e. The van der Waals surface area contributed by atoms with Gasteiger partial charge in [-0.2, -0.15) is 0 Å². The molecular weight excluding hydrogens is 200 g/mol. The molecule has 1 aliphatic rings. The number of hydrogen-bond donors (Lipinski definition) is 0. The summed E-state index contributed by atoms with van der Waals surface area (Å²) in [6.45, 7) is 2.24. The van der Waals surface area contributed by atoms with E-state index >= 15 is 0 Å². The van der Waals surface area contributed by atoms with Crippen LogP contribution in [0.3, 0.4) is 0 Å². The number of hydrogen-bond acceptors (Lipinski definition) is 2. The van der Waals surface area contributed by atoms with Crippen molar-refractivity contribution in [2.24, 2.45) is 0 Å². The first kappa shape index (κ1) is 11.2. The van der Waals surface area contributed by atoms with Gasteiger partial charge in [0.25, 0.3) is 0 Å². The Bertz CT molecular complexity index is 396. The second-order valence-corrected chi connectivity index (χ2v) is 4.55. The molecule has 1 atom stereocenters. The van der Waals surface area contributed by atoms with E-state index in [2.05, 4.69) is 13.0 Å². The Morgan fingerprint density at radius 2 is 2.19 bits per heavy atom. The number of aryl methyl sites for hydroxylation is 1. The van der Waals surface area contributed by atoms with Gasteiger partial charge in [0, 0.05) is 0 Å². The van der Waals surface area contributed by atoms with Crippen molar-refractivity contribution in [2.45, 2.75) is 38.5 Å². The molecule has 2 rings (SSSR count). The van der Waals surface area contributed by atoms with E-state index < -0.39 is 0 Å². The zero-order valence-electron chi connectivity index (χ0n) is 9.95. The van der Waals surface area contributed by atoms with E-state index in [4.69, 9.17) is 4.74 Å². The van der Waals surface area contributed by atoms with Gasteiger partial charge in [0.15, 0.2) is 0 Å². The summed E-state index contributed by atoms with van der Waals surface area (Å²) in [4.78, 5) is 11.5. The lowest BCUT2D eigenvalue weighted by molar-refractivity contribution is 0.0600. The summed E-state index contributed by atoms with van der Waals surface area (Å²) in [5, 5.41) is 0. The van der Waals surface area contributed by atoms with Gasteiger partial charge >= 0.3 is 5.97 Å². The van der Waals surface area contributed by atoms with Crippen LogP contribution in [0.15, 0.2) is 18.2 Å². The zero-order chi connectivity index (χ0) is 11.5. The molecule has 0 spiro atoms. The molecule has 1 unspecified atom stereocenters. The lowest BCUT2D eigenvalue weighted by Crippen LogP contribution is -2.04. The van der Waals surface area contributed by atoms with Crippen LogP contribution in [0.2, 0.25) is 0 Å². The number of esters is 1. The molecule has 1 aromatic rings. The van der Waals surface area contributed by atoms with Crippen LogP contribution in [0.4, 0.5) is 0 Å². The van der Waals surface area contributed by atoms with Crippen LogP contribution in [0.25, 0.3) is 0 Å². The molecule has 0 N–H and O–H groups in total. The standard InChI is InChI=1S/C14H18O2/c1-10-5-3-4-6-11-7-8-12(9-13(10)11)14(15)16-2/h7-10H,3-6H2,1-2H3. The first-order valence-corrected chi connectivity index (χ1v) is 5.93. The molecule has 0 amide bonds. The molecule has 16 heavy (non-hydrogen) atoms. The Morgan fingerprint density at radius 1 is 1.38 bits per heavy atom. The molecule has 0 radical (unpaired) electrons. The number of benzene rings is 1. The summed E-state index contributed by atoms with van der Waals surface area (Å²) in [6, 6.07) is 5.98. The fourth-order valence-corrected chi connectivity index (χ4v) is 2.45. The lowest BCUT2D eigenvalue weighted by atomic mass is 9.92. The summed E-state index contributed by atoms with van der Waals surface area (Å²) >= 11 is 0. The molecule has 2 nitrogen and oxygen atoms in total.